The molecule has 0 saturated heterocycles. The third kappa shape index (κ3) is 3.98. The maximum absolute atomic E-state index is 13.2. The number of hydrogen-bond donors (Lipinski definition) is 1. The van der Waals surface area contributed by atoms with Gasteiger partial charge in [0.1, 0.15) is 5.76 Å². The van der Waals surface area contributed by atoms with Crippen LogP contribution in [0.15, 0.2) is 57.0 Å². The number of benzene rings is 1. The summed E-state index contributed by atoms with van der Waals surface area (Å²) in [6.07, 6.45) is 9.60. The molecule has 4 aliphatic rings. The van der Waals surface area contributed by atoms with E-state index in [0.717, 1.165) is 17.8 Å². The van der Waals surface area contributed by atoms with Gasteiger partial charge in [0.2, 0.25) is 5.91 Å². The van der Waals surface area contributed by atoms with Crippen molar-refractivity contribution in [1.29, 1.82) is 0 Å². The van der Waals surface area contributed by atoms with Crippen molar-refractivity contribution in [3.8, 4) is 0 Å². The minimum atomic E-state index is -0.119. The van der Waals surface area contributed by atoms with Crippen molar-refractivity contribution in [2.24, 2.45) is 23.2 Å². The zero-order valence-corrected chi connectivity index (χ0v) is 20.4. The van der Waals surface area contributed by atoms with Crippen LogP contribution in [-0.4, -0.2) is 27.3 Å². The second-order valence-electron chi connectivity index (χ2n) is 10.7. The molecule has 7 heteroatoms. The number of hydrogen-bond acceptors (Lipinski definition) is 5. The average molecular weight is 478 g/mol. The maximum atomic E-state index is 13.2. The SMILES string of the molecule is C[C@H](NC(=O)CSc1nc2ccccc2c(=O)n1Cc1ccco1)C12CC3CC(CC(C3)C1)C2. The number of aromatic nitrogens is 2. The van der Waals surface area contributed by atoms with E-state index in [1.807, 2.05) is 24.3 Å². The molecule has 4 fully saturated rings. The molecule has 0 unspecified atom stereocenters. The second-order valence-corrected chi connectivity index (χ2v) is 11.7. The highest BCUT2D eigenvalue weighted by atomic mass is 32.2. The summed E-state index contributed by atoms with van der Waals surface area (Å²) in [5, 5.41) is 4.44. The summed E-state index contributed by atoms with van der Waals surface area (Å²) in [6.45, 7) is 2.49. The molecule has 0 aliphatic heterocycles. The van der Waals surface area contributed by atoms with Crippen LogP contribution in [0.4, 0.5) is 0 Å². The maximum Gasteiger partial charge on any atom is 0.262 e. The highest BCUT2D eigenvalue weighted by Crippen LogP contribution is 2.61. The number of amides is 1. The van der Waals surface area contributed by atoms with E-state index in [4.69, 9.17) is 9.40 Å². The molecule has 3 aromatic rings. The number of nitrogens with one attached hydrogen (secondary N) is 1. The molecular weight excluding hydrogens is 446 g/mol. The summed E-state index contributed by atoms with van der Waals surface area (Å²) in [6, 6.07) is 11.2. The van der Waals surface area contributed by atoms with Crippen LogP contribution in [0, 0.1) is 23.2 Å². The van der Waals surface area contributed by atoms with Gasteiger partial charge in [0.25, 0.3) is 5.56 Å². The molecule has 2 aromatic heterocycles. The number of thioether (sulfide) groups is 1. The normalized spacial score (nSPS) is 28.3. The molecule has 7 rings (SSSR count). The number of carbonyl (C=O) groups is 1. The van der Waals surface area contributed by atoms with E-state index in [1.54, 1.807) is 23.0 Å². The molecule has 0 radical (unpaired) electrons. The topological polar surface area (TPSA) is 77.1 Å². The minimum Gasteiger partial charge on any atom is -0.467 e. The van der Waals surface area contributed by atoms with Gasteiger partial charge in [-0.05, 0) is 92.9 Å². The van der Waals surface area contributed by atoms with Gasteiger partial charge in [-0.25, -0.2) is 4.98 Å². The predicted octanol–water partition coefficient (Wildman–Crippen LogP) is 4.85. The third-order valence-corrected chi connectivity index (χ3v) is 9.41. The Hall–Kier alpha value is -2.54. The van der Waals surface area contributed by atoms with Crippen molar-refractivity contribution in [3.05, 3.63) is 58.8 Å². The highest BCUT2D eigenvalue weighted by Gasteiger charge is 2.53. The Morgan fingerprint density at radius 1 is 1.15 bits per heavy atom. The lowest BCUT2D eigenvalue weighted by molar-refractivity contribution is -0.123. The van der Waals surface area contributed by atoms with E-state index < -0.39 is 0 Å². The van der Waals surface area contributed by atoms with Gasteiger partial charge in [-0.2, -0.15) is 0 Å². The fraction of sp³-hybridized carbons (Fsp3) is 0.519. The fourth-order valence-electron chi connectivity index (χ4n) is 7.23. The average Bonchev–Trinajstić information content (AvgIpc) is 3.32. The number of carbonyl (C=O) groups excluding carboxylic acids is 1. The highest BCUT2D eigenvalue weighted by molar-refractivity contribution is 7.99. The number of nitrogens with zero attached hydrogens (tertiary/aromatic N) is 2. The van der Waals surface area contributed by atoms with Crippen molar-refractivity contribution in [2.45, 2.75) is 63.2 Å². The Kier molecular flexibility index (Phi) is 5.55. The van der Waals surface area contributed by atoms with Crippen LogP contribution in [-0.2, 0) is 11.3 Å². The van der Waals surface area contributed by atoms with Gasteiger partial charge in [0.05, 0.1) is 29.5 Å². The first kappa shape index (κ1) is 22.0. The Bertz CT molecular complexity index is 1230. The lowest BCUT2D eigenvalue weighted by Gasteiger charge is -2.59. The number of fused-ring (bicyclic) bond motifs is 1. The monoisotopic (exact) mass is 477 g/mol. The van der Waals surface area contributed by atoms with Crippen molar-refractivity contribution < 1.29 is 9.21 Å². The van der Waals surface area contributed by atoms with Gasteiger partial charge in [0, 0.05) is 6.04 Å². The summed E-state index contributed by atoms with van der Waals surface area (Å²) < 4.78 is 7.09. The van der Waals surface area contributed by atoms with Crippen LogP contribution in [0.25, 0.3) is 10.9 Å². The molecule has 1 atom stereocenters. The van der Waals surface area contributed by atoms with Crippen LogP contribution in [0.5, 0.6) is 0 Å². The fourth-order valence-corrected chi connectivity index (χ4v) is 8.04. The molecular formula is C27H31N3O3S. The Morgan fingerprint density at radius 2 is 1.85 bits per heavy atom. The summed E-state index contributed by atoms with van der Waals surface area (Å²) in [5.41, 5.74) is 0.803. The summed E-state index contributed by atoms with van der Waals surface area (Å²) in [7, 11) is 0. The Morgan fingerprint density at radius 3 is 2.53 bits per heavy atom. The van der Waals surface area contributed by atoms with Crippen LogP contribution >= 0.6 is 11.8 Å². The number of para-hydroxylation sites is 1. The van der Waals surface area contributed by atoms with E-state index in [-0.39, 0.29) is 35.2 Å². The van der Waals surface area contributed by atoms with Gasteiger partial charge in [-0.3, -0.25) is 14.2 Å². The third-order valence-electron chi connectivity index (χ3n) is 8.43. The van der Waals surface area contributed by atoms with Gasteiger partial charge < -0.3 is 9.73 Å². The van der Waals surface area contributed by atoms with E-state index in [0.29, 0.717) is 21.8 Å². The minimum absolute atomic E-state index is 0.0141. The largest absolute Gasteiger partial charge is 0.467 e. The van der Waals surface area contributed by atoms with Crippen LogP contribution in [0.3, 0.4) is 0 Å². The van der Waals surface area contributed by atoms with Gasteiger partial charge >= 0.3 is 0 Å². The zero-order valence-electron chi connectivity index (χ0n) is 19.5. The lowest BCUT2D eigenvalue weighted by atomic mass is 9.48. The Balaban J connectivity index is 1.19. The van der Waals surface area contributed by atoms with E-state index in [2.05, 4.69) is 12.2 Å². The molecule has 2 heterocycles. The number of rotatable bonds is 7. The van der Waals surface area contributed by atoms with Crippen molar-refractivity contribution in [1.82, 2.24) is 14.9 Å². The molecule has 4 saturated carbocycles. The quantitative estimate of drug-likeness (QED) is 0.389. The molecule has 1 aromatic carbocycles. The van der Waals surface area contributed by atoms with E-state index in [9.17, 15) is 9.59 Å². The van der Waals surface area contributed by atoms with Gasteiger partial charge in [-0.1, -0.05) is 23.9 Å². The molecule has 1 N–H and O–H groups in total. The van der Waals surface area contributed by atoms with Crippen LogP contribution in [0.1, 0.15) is 51.2 Å². The molecule has 4 aliphatic carbocycles. The zero-order chi connectivity index (χ0) is 23.3. The number of furan rings is 1. The first-order valence-electron chi connectivity index (χ1n) is 12.4. The predicted molar refractivity (Wildman–Crippen MR) is 133 cm³/mol. The molecule has 178 valence electrons. The van der Waals surface area contributed by atoms with Crippen molar-refractivity contribution in [2.75, 3.05) is 5.75 Å². The van der Waals surface area contributed by atoms with Crippen LogP contribution in [0.2, 0.25) is 0 Å². The van der Waals surface area contributed by atoms with Gasteiger partial charge in [0.15, 0.2) is 5.16 Å². The van der Waals surface area contributed by atoms with Crippen molar-refractivity contribution >= 4 is 28.6 Å². The van der Waals surface area contributed by atoms with Crippen molar-refractivity contribution in [3.63, 3.8) is 0 Å². The first-order valence-corrected chi connectivity index (χ1v) is 13.4. The lowest BCUT2D eigenvalue weighted by Crippen LogP contribution is -2.56. The van der Waals surface area contributed by atoms with Gasteiger partial charge in [-0.15, -0.1) is 0 Å². The van der Waals surface area contributed by atoms with E-state index >= 15 is 0 Å². The summed E-state index contributed by atoms with van der Waals surface area (Å²) >= 11 is 1.32. The first-order chi connectivity index (χ1) is 16.5. The molecule has 6 nitrogen and oxygen atoms in total. The summed E-state index contributed by atoms with van der Waals surface area (Å²) in [4.78, 5) is 31.0. The molecule has 0 spiro atoms. The van der Waals surface area contributed by atoms with E-state index in [1.165, 1.54) is 50.3 Å². The molecule has 34 heavy (non-hydrogen) atoms. The smallest absolute Gasteiger partial charge is 0.262 e. The second kappa shape index (κ2) is 8.59. The molecule has 4 bridgehead atoms. The standard InChI is InChI=1S/C27H31N3O3S/c1-17(27-12-18-9-19(13-27)11-20(10-18)14-27)28-24(31)16-34-26-29-23-7-3-2-6-22(23)25(32)30(26)15-21-5-4-8-33-21/h2-8,17-20H,9-16H2,1H3,(H,28,31)/t17-,18?,19?,20?,27?/m0/s1. The van der Waals surface area contributed by atoms with Crippen LogP contribution < -0.4 is 10.9 Å². The Labute approximate surface area is 203 Å². The summed E-state index contributed by atoms with van der Waals surface area (Å²) in [5.74, 6) is 3.51. The molecule has 1 amide bonds.